The van der Waals surface area contributed by atoms with Crippen molar-refractivity contribution in [2.24, 2.45) is 0 Å². The average Bonchev–Trinajstić information content (AvgIpc) is 3.14. The van der Waals surface area contributed by atoms with Crippen LogP contribution >= 0.6 is 0 Å². The van der Waals surface area contributed by atoms with E-state index in [2.05, 4.69) is 5.32 Å². The molecule has 0 aliphatic rings. The maximum Gasteiger partial charge on any atom is 0.326 e. The molecule has 0 unspecified atom stereocenters. The van der Waals surface area contributed by atoms with Gasteiger partial charge in [-0.15, -0.1) is 0 Å². The van der Waals surface area contributed by atoms with Gasteiger partial charge < -0.3 is 14.6 Å². The molecule has 9 nitrogen and oxygen atoms in total. The molecule has 0 bridgehead atoms. The molecule has 9 heteroatoms. The first-order valence-electron chi connectivity index (χ1n) is 11.4. The van der Waals surface area contributed by atoms with Crippen molar-refractivity contribution in [2.75, 3.05) is 5.32 Å². The Morgan fingerprint density at radius 2 is 1.72 bits per heavy atom. The molecule has 1 heterocycles. The molecule has 0 aliphatic carbocycles. The van der Waals surface area contributed by atoms with E-state index in [4.69, 9.17) is 9.72 Å². The number of nitrogens with zero attached hydrogens (tertiary/aromatic N) is 3. The number of imidazole rings is 1. The molecule has 4 rings (SSSR count). The number of nitro benzene ring substituents is 1. The van der Waals surface area contributed by atoms with E-state index in [1.807, 2.05) is 55.7 Å². The number of nitro groups is 1. The van der Waals surface area contributed by atoms with Gasteiger partial charge in [0.2, 0.25) is 0 Å². The minimum absolute atomic E-state index is 0.00440. The highest BCUT2D eigenvalue weighted by atomic mass is 16.6. The highest BCUT2D eigenvalue weighted by molar-refractivity contribution is 6.05. The van der Waals surface area contributed by atoms with Crippen LogP contribution in [0.1, 0.15) is 42.5 Å². The summed E-state index contributed by atoms with van der Waals surface area (Å²) in [6.07, 6.45) is 0.517. The Labute approximate surface area is 207 Å². The van der Waals surface area contributed by atoms with E-state index in [0.717, 1.165) is 11.1 Å². The molecule has 36 heavy (non-hydrogen) atoms. The number of hydrogen-bond acceptors (Lipinski definition) is 6. The molecule has 0 aliphatic heterocycles. The maximum atomic E-state index is 12.7. The van der Waals surface area contributed by atoms with Crippen molar-refractivity contribution in [1.29, 1.82) is 0 Å². The highest BCUT2D eigenvalue weighted by Crippen LogP contribution is 2.24. The standard InChI is InChI=1S/C27H26N4O5/c1-27(2,3)36-25(32)17-30-23-14-11-20(28-26(33)19-9-12-21(13-10-19)31(34)35)16-22(23)29-24(30)15-18-7-5-4-6-8-18/h4-14,16H,15,17H2,1-3H3,(H,28,33). The molecule has 184 valence electrons. The lowest BCUT2D eigenvalue weighted by Gasteiger charge is -2.20. The minimum Gasteiger partial charge on any atom is -0.459 e. The van der Waals surface area contributed by atoms with Crippen molar-refractivity contribution in [1.82, 2.24) is 9.55 Å². The summed E-state index contributed by atoms with van der Waals surface area (Å²) in [5.41, 5.74) is 2.51. The Morgan fingerprint density at radius 1 is 1.03 bits per heavy atom. The molecule has 1 amide bonds. The molecular formula is C27H26N4O5. The van der Waals surface area contributed by atoms with Crippen molar-refractivity contribution in [3.8, 4) is 0 Å². The lowest BCUT2D eigenvalue weighted by atomic mass is 10.1. The topological polar surface area (TPSA) is 116 Å². The molecule has 1 N–H and O–H groups in total. The van der Waals surface area contributed by atoms with Crippen molar-refractivity contribution in [3.05, 3.63) is 99.9 Å². The van der Waals surface area contributed by atoms with E-state index in [1.54, 1.807) is 18.2 Å². The second-order valence-corrected chi connectivity index (χ2v) is 9.32. The second kappa shape index (κ2) is 9.99. The predicted octanol–water partition coefficient (Wildman–Crippen LogP) is 5.13. The molecular weight excluding hydrogens is 460 g/mol. The largest absolute Gasteiger partial charge is 0.459 e. The molecule has 0 fully saturated rings. The second-order valence-electron chi connectivity index (χ2n) is 9.32. The molecule has 0 atom stereocenters. The normalized spacial score (nSPS) is 11.3. The lowest BCUT2D eigenvalue weighted by molar-refractivity contribution is -0.384. The van der Waals surface area contributed by atoms with Crippen LogP contribution < -0.4 is 5.32 Å². The van der Waals surface area contributed by atoms with Crippen LogP contribution in [0.4, 0.5) is 11.4 Å². The van der Waals surface area contributed by atoms with E-state index >= 15 is 0 Å². The number of esters is 1. The first-order chi connectivity index (χ1) is 17.1. The fraction of sp³-hybridized carbons (Fsp3) is 0.222. The van der Waals surface area contributed by atoms with Gasteiger partial charge in [0.1, 0.15) is 18.0 Å². The molecule has 0 saturated heterocycles. The quantitative estimate of drug-likeness (QED) is 0.220. The third kappa shape index (κ3) is 5.93. The summed E-state index contributed by atoms with van der Waals surface area (Å²) in [6, 6.07) is 20.4. The summed E-state index contributed by atoms with van der Waals surface area (Å²) in [5, 5.41) is 13.6. The Morgan fingerprint density at radius 3 is 2.36 bits per heavy atom. The Hall–Kier alpha value is -4.53. The third-order valence-electron chi connectivity index (χ3n) is 5.34. The first-order valence-corrected chi connectivity index (χ1v) is 11.4. The number of anilines is 1. The molecule has 0 radical (unpaired) electrons. The number of rotatable bonds is 7. The van der Waals surface area contributed by atoms with Crippen LogP contribution in [0.15, 0.2) is 72.8 Å². The van der Waals surface area contributed by atoms with Crippen LogP contribution in [-0.4, -0.2) is 32.0 Å². The summed E-state index contributed by atoms with van der Waals surface area (Å²) in [4.78, 5) is 40.4. The number of fused-ring (bicyclic) bond motifs is 1. The van der Waals surface area contributed by atoms with Gasteiger partial charge in [0.25, 0.3) is 11.6 Å². The number of carbonyl (C=O) groups is 2. The molecule has 4 aromatic rings. The van der Waals surface area contributed by atoms with Gasteiger partial charge in [-0.05, 0) is 56.7 Å². The number of nitrogens with one attached hydrogen (secondary N) is 1. The fourth-order valence-corrected chi connectivity index (χ4v) is 3.79. The monoisotopic (exact) mass is 486 g/mol. The van der Waals surface area contributed by atoms with Crippen molar-refractivity contribution < 1.29 is 19.2 Å². The zero-order valence-electron chi connectivity index (χ0n) is 20.2. The number of amides is 1. The van der Waals surface area contributed by atoms with E-state index in [9.17, 15) is 19.7 Å². The first kappa shape index (κ1) is 24.6. The number of carbonyl (C=O) groups excluding carboxylic acids is 2. The zero-order chi connectivity index (χ0) is 25.9. The van der Waals surface area contributed by atoms with Crippen molar-refractivity contribution >= 4 is 34.3 Å². The average molecular weight is 487 g/mol. The van der Waals surface area contributed by atoms with Crippen LogP contribution in [0.25, 0.3) is 11.0 Å². The Kier molecular flexibility index (Phi) is 6.82. The van der Waals surface area contributed by atoms with Crippen LogP contribution in [0.2, 0.25) is 0 Å². The SMILES string of the molecule is CC(C)(C)OC(=O)Cn1c(Cc2ccccc2)nc2cc(NC(=O)c3ccc([N+](=O)[O-])cc3)ccc21. The number of aromatic nitrogens is 2. The summed E-state index contributed by atoms with van der Waals surface area (Å²) in [7, 11) is 0. The smallest absolute Gasteiger partial charge is 0.326 e. The minimum atomic E-state index is -0.609. The van der Waals surface area contributed by atoms with Crippen LogP contribution in [0.5, 0.6) is 0 Å². The molecule has 3 aromatic carbocycles. The summed E-state index contributed by atoms with van der Waals surface area (Å²) < 4.78 is 7.36. The lowest BCUT2D eigenvalue weighted by Crippen LogP contribution is -2.27. The number of non-ortho nitro benzene ring substituents is 1. The van der Waals surface area contributed by atoms with Gasteiger partial charge in [-0.2, -0.15) is 0 Å². The van der Waals surface area contributed by atoms with Crippen LogP contribution in [-0.2, 0) is 22.5 Å². The fourth-order valence-electron chi connectivity index (χ4n) is 3.79. The molecule has 1 aromatic heterocycles. The van der Waals surface area contributed by atoms with Crippen molar-refractivity contribution in [3.63, 3.8) is 0 Å². The summed E-state index contributed by atoms with van der Waals surface area (Å²) >= 11 is 0. The van der Waals surface area contributed by atoms with Crippen molar-refractivity contribution in [2.45, 2.75) is 39.3 Å². The van der Waals surface area contributed by atoms with E-state index in [-0.39, 0.29) is 18.2 Å². The Bertz CT molecular complexity index is 1420. The zero-order valence-corrected chi connectivity index (χ0v) is 20.2. The maximum absolute atomic E-state index is 12.7. The predicted molar refractivity (Wildman–Crippen MR) is 136 cm³/mol. The van der Waals surface area contributed by atoms with Crippen LogP contribution in [0.3, 0.4) is 0 Å². The third-order valence-corrected chi connectivity index (χ3v) is 5.34. The number of hydrogen-bond donors (Lipinski definition) is 1. The van der Waals surface area contributed by atoms with E-state index < -0.39 is 16.4 Å². The highest BCUT2D eigenvalue weighted by Gasteiger charge is 2.20. The van der Waals surface area contributed by atoms with Gasteiger partial charge in [0.05, 0.1) is 16.0 Å². The van der Waals surface area contributed by atoms with Gasteiger partial charge in [0.15, 0.2) is 0 Å². The van der Waals surface area contributed by atoms with Gasteiger partial charge in [0, 0.05) is 29.8 Å². The van der Waals surface area contributed by atoms with Crippen LogP contribution in [0, 0.1) is 10.1 Å². The Balaban J connectivity index is 1.63. The number of ether oxygens (including phenoxy) is 1. The van der Waals surface area contributed by atoms with E-state index in [1.165, 1.54) is 24.3 Å². The molecule has 0 saturated carbocycles. The summed E-state index contributed by atoms with van der Waals surface area (Å²) in [6.45, 7) is 5.47. The molecule has 0 spiro atoms. The van der Waals surface area contributed by atoms with Gasteiger partial charge in [-0.1, -0.05) is 30.3 Å². The summed E-state index contributed by atoms with van der Waals surface area (Å²) in [5.74, 6) is -0.0745. The van der Waals surface area contributed by atoms with Gasteiger partial charge in [-0.25, -0.2) is 4.98 Å². The van der Waals surface area contributed by atoms with Gasteiger partial charge >= 0.3 is 5.97 Å². The van der Waals surface area contributed by atoms with Gasteiger partial charge in [-0.3, -0.25) is 19.7 Å². The van der Waals surface area contributed by atoms with E-state index in [0.29, 0.717) is 29.0 Å². The number of benzene rings is 3.